The zero-order valence-corrected chi connectivity index (χ0v) is 21.3. The molecule has 1 aliphatic carbocycles. The van der Waals surface area contributed by atoms with E-state index in [4.69, 9.17) is 0 Å². The largest absolute Gasteiger partial charge is 0.418 e. The second-order valence-electron chi connectivity index (χ2n) is 10.6. The fourth-order valence-electron chi connectivity index (χ4n) is 5.54. The van der Waals surface area contributed by atoms with Crippen LogP contribution in [-0.2, 0) is 19.8 Å². The molecule has 2 fully saturated rings. The van der Waals surface area contributed by atoms with E-state index in [0.29, 0.717) is 29.6 Å². The van der Waals surface area contributed by atoms with Crippen molar-refractivity contribution in [2.45, 2.75) is 57.7 Å². The lowest BCUT2D eigenvalue weighted by Gasteiger charge is -2.33. The van der Waals surface area contributed by atoms with Crippen LogP contribution in [0.25, 0.3) is 0 Å². The highest BCUT2D eigenvalue weighted by Crippen LogP contribution is 2.43. The van der Waals surface area contributed by atoms with Gasteiger partial charge in [0.05, 0.1) is 23.2 Å². The van der Waals surface area contributed by atoms with E-state index in [1.165, 1.54) is 25.1 Å². The molecule has 6 nitrogen and oxygen atoms in total. The predicted molar refractivity (Wildman–Crippen MR) is 137 cm³/mol. The van der Waals surface area contributed by atoms with Gasteiger partial charge in [0.15, 0.2) is 0 Å². The van der Waals surface area contributed by atoms with Gasteiger partial charge in [0.25, 0.3) is 0 Å². The highest BCUT2D eigenvalue weighted by Gasteiger charge is 2.35. The van der Waals surface area contributed by atoms with Crippen LogP contribution < -0.4 is 0 Å². The maximum Gasteiger partial charge on any atom is 0.418 e. The van der Waals surface area contributed by atoms with Gasteiger partial charge < -0.3 is 4.57 Å². The number of aliphatic imine (C=N–C) groups is 1. The van der Waals surface area contributed by atoms with Crippen molar-refractivity contribution in [1.29, 1.82) is 0 Å². The van der Waals surface area contributed by atoms with E-state index in [9.17, 15) is 13.2 Å². The maximum atomic E-state index is 14.0. The number of aryl methyl sites for hydroxylation is 1. The van der Waals surface area contributed by atoms with Crippen LogP contribution in [0.2, 0.25) is 0 Å². The molecule has 1 saturated carbocycles. The second kappa shape index (κ2) is 10.7. The van der Waals surface area contributed by atoms with E-state index >= 15 is 0 Å². The lowest BCUT2D eigenvalue weighted by molar-refractivity contribution is -0.138. The number of hydrogen-bond acceptors (Lipinski definition) is 5. The Morgan fingerprint density at radius 3 is 2.68 bits per heavy atom. The molecule has 0 radical (unpaired) electrons. The van der Waals surface area contributed by atoms with Gasteiger partial charge >= 0.3 is 6.18 Å². The summed E-state index contributed by atoms with van der Waals surface area (Å²) in [6.07, 6.45) is 5.63. The third-order valence-electron chi connectivity index (χ3n) is 7.64. The van der Waals surface area contributed by atoms with Crippen LogP contribution in [0, 0.1) is 11.8 Å². The third-order valence-corrected chi connectivity index (χ3v) is 7.64. The molecule has 3 heterocycles. The van der Waals surface area contributed by atoms with Crippen molar-refractivity contribution >= 4 is 11.9 Å². The number of alkyl halides is 3. The van der Waals surface area contributed by atoms with Gasteiger partial charge in [-0.15, -0.1) is 10.2 Å². The fourth-order valence-corrected chi connectivity index (χ4v) is 5.54. The fraction of sp³-hybridized carbons (Fsp3) is 0.500. The smallest absolute Gasteiger partial charge is 0.320 e. The molecule has 37 heavy (non-hydrogen) atoms. The molecule has 0 amide bonds. The van der Waals surface area contributed by atoms with Gasteiger partial charge in [-0.1, -0.05) is 25.5 Å². The van der Waals surface area contributed by atoms with Crippen LogP contribution in [0.1, 0.15) is 73.2 Å². The summed E-state index contributed by atoms with van der Waals surface area (Å²) < 4.78 is 43.8. The van der Waals surface area contributed by atoms with Crippen LogP contribution in [0.5, 0.6) is 0 Å². The number of likely N-dealkylation sites (tertiary alicyclic amines) is 1. The van der Waals surface area contributed by atoms with Crippen LogP contribution in [0.15, 0.2) is 47.8 Å². The molecule has 0 unspecified atom stereocenters. The number of piperidine rings is 1. The molecular weight excluding hydrogens is 477 g/mol. The van der Waals surface area contributed by atoms with Gasteiger partial charge in [-0.2, -0.15) is 13.2 Å². The molecule has 0 bridgehead atoms. The summed E-state index contributed by atoms with van der Waals surface area (Å²) in [5.74, 6) is 2.00. The number of nitrogens with zero attached hydrogens (tertiary/aromatic N) is 6. The Morgan fingerprint density at radius 1 is 1.16 bits per heavy atom. The summed E-state index contributed by atoms with van der Waals surface area (Å²) in [6, 6.07) is 8.89. The zero-order valence-electron chi connectivity index (χ0n) is 21.3. The van der Waals surface area contributed by atoms with Crippen molar-refractivity contribution in [3.63, 3.8) is 0 Å². The molecule has 0 spiro atoms. The zero-order chi connectivity index (χ0) is 26.0. The lowest BCUT2D eigenvalue weighted by Crippen LogP contribution is -2.33. The Balaban J connectivity index is 1.39. The molecule has 9 heteroatoms. The highest BCUT2D eigenvalue weighted by atomic mass is 19.4. The number of aromatic nitrogens is 4. The average Bonchev–Trinajstić information content (AvgIpc) is 3.25. The van der Waals surface area contributed by atoms with Gasteiger partial charge in [0.1, 0.15) is 12.2 Å². The van der Waals surface area contributed by atoms with Crippen molar-refractivity contribution in [1.82, 2.24) is 24.6 Å². The monoisotopic (exact) mass is 510 g/mol. The summed E-state index contributed by atoms with van der Waals surface area (Å²) in [7, 11) is 1.93. The summed E-state index contributed by atoms with van der Waals surface area (Å²) in [5, 5.41) is 8.40. The van der Waals surface area contributed by atoms with Crippen molar-refractivity contribution in [2.75, 3.05) is 13.1 Å². The first-order chi connectivity index (χ1) is 17.8. The Morgan fingerprint density at radius 2 is 2.00 bits per heavy atom. The number of pyridine rings is 1. The molecule has 3 aromatic rings. The van der Waals surface area contributed by atoms with Crippen molar-refractivity contribution in [2.24, 2.45) is 23.9 Å². The van der Waals surface area contributed by atoms with Crippen LogP contribution in [0.3, 0.4) is 0 Å². The van der Waals surface area contributed by atoms with Gasteiger partial charge in [0.2, 0.25) is 0 Å². The highest BCUT2D eigenvalue weighted by molar-refractivity contribution is 5.82. The van der Waals surface area contributed by atoms with Crippen molar-refractivity contribution < 1.29 is 13.2 Å². The first kappa shape index (κ1) is 25.6. The summed E-state index contributed by atoms with van der Waals surface area (Å²) in [4.78, 5) is 10.8. The molecule has 1 aromatic carbocycles. The molecular formula is C28H33F3N6. The molecule has 196 valence electrons. The van der Waals surface area contributed by atoms with Gasteiger partial charge in [-0.25, -0.2) is 0 Å². The van der Waals surface area contributed by atoms with Crippen molar-refractivity contribution in [3.05, 3.63) is 71.1 Å². The van der Waals surface area contributed by atoms with E-state index in [-0.39, 0.29) is 11.6 Å². The molecule has 2 atom stereocenters. The van der Waals surface area contributed by atoms with E-state index in [2.05, 4.69) is 32.0 Å². The standard InChI is InChI=1S/C28H33F3N6/c1-19-6-5-11-37(16-19)17-20-12-24(28(29,30)31)25(33-14-20)15-32-23-10-4-9-22(13-23)26(21-7-3-8-21)27-35-34-18-36(27)2/h4,9-10,12-15,18-19,21,26H,3,5-8,11,16-17H2,1-2H3/b32-15+/t19-,26+/m0/s1. The van der Waals surface area contributed by atoms with Crippen molar-refractivity contribution in [3.8, 4) is 0 Å². The maximum absolute atomic E-state index is 14.0. The van der Waals surface area contributed by atoms with Crippen LogP contribution >= 0.6 is 0 Å². The number of rotatable bonds is 7. The average molecular weight is 511 g/mol. The van der Waals surface area contributed by atoms with Crippen LogP contribution in [-0.4, -0.2) is 44.0 Å². The normalized spacial score (nSPS) is 20.3. The molecule has 1 saturated heterocycles. The Labute approximate surface area is 215 Å². The van der Waals surface area contributed by atoms with Crippen LogP contribution in [0.4, 0.5) is 18.9 Å². The van der Waals surface area contributed by atoms with E-state index < -0.39 is 11.7 Å². The van der Waals surface area contributed by atoms with Gasteiger partial charge in [-0.3, -0.25) is 14.9 Å². The van der Waals surface area contributed by atoms with E-state index in [1.54, 1.807) is 18.6 Å². The molecule has 5 rings (SSSR count). The number of benzene rings is 1. The third kappa shape index (κ3) is 5.92. The molecule has 2 aromatic heterocycles. The minimum atomic E-state index is -4.51. The first-order valence-electron chi connectivity index (χ1n) is 13.0. The number of halogens is 3. The quantitative estimate of drug-likeness (QED) is 0.358. The molecule has 0 N–H and O–H groups in total. The lowest BCUT2D eigenvalue weighted by atomic mass is 9.72. The summed E-state index contributed by atoms with van der Waals surface area (Å²) in [6.45, 7) is 4.46. The Kier molecular flexibility index (Phi) is 7.42. The Hall–Kier alpha value is -3.07. The summed E-state index contributed by atoms with van der Waals surface area (Å²) >= 11 is 0. The SMILES string of the molecule is C[C@H]1CCCN(Cc2cnc(/C=N/c3cccc([C@H](c4nncn4C)C4CCC4)c3)c(C(F)(F)F)c2)C1. The summed E-state index contributed by atoms with van der Waals surface area (Å²) in [5.41, 5.74) is 1.29. The Bertz CT molecular complexity index is 1250. The number of hydrogen-bond donors (Lipinski definition) is 0. The molecule has 1 aliphatic heterocycles. The second-order valence-corrected chi connectivity index (χ2v) is 10.6. The predicted octanol–water partition coefficient (Wildman–Crippen LogP) is 6.14. The minimum Gasteiger partial charge on any atom is -0.320 e. The van der Waals surface area contributed by atoms with E-state index in [0.717, 1.165) is 43.7 Å². The van der Waals surface area contributed by atoms with E-state index in [1.807, 2.05) is 29.8 Å². The topological polar surface area (TPSA) is 59.2 Å². The van der Waals surface area contributed by atoms with Gasteiger partial charge in [-0.05, 0) is 73.4 Å². The first-order valence-corrected chi connectivity index (χ1v) is 13.0. The minimum absolute atomic E-state index is 0.0806. The molecule has 2 aliphatic rings. The van der Waals surface area contributed by atoms with Gasteiger partial charge in [0, 0.05) is 32.3 Å².